The van der Waals surface area contributed by atoms with Gasteiger partial charge in [-0.1, -0.05) is 18.9 Å². The summed E-state index contributed by atoms with van der Waals surface area (Å²) in [5.74, 6) is -0.550. The molecule has 10 heteroatoms. The van der Waals surface area contributed by atoms with Crippen LogP contribution >= 0.6 is 11.3 Å². The van der Waals surface area contributed by atoms with Crippen LogP contribution in [0, 0.1) is 5.92 Å². The van der Waals surface area contributed by atoms with Crippen molar-refractivity contribution in [2.75, 3.05) is 29.9 Å². The predicted molar refractivity (Wildman–Crippen MR) is 143 cm³/mol. The van der Waals surface area contributed by atoms with E-state index in [1.807, 2.05) is 4.90 Å². The van der Waals surface area contributed by atoms with Crippen molar-refractivity contribution in [3.05, 3.63) is 52.5 Å². The molecule has 2 aromatic rings. The Bertz CT molecular complexity index is 1120. The topological polar surface area (TPSA) is 71.5 Å². The van der Waals surface area contributed by atoms with Crippen LogP contribution in [0.25, 0.3) is 0 Å². The lowest BCUT2D eigenvalue weighted by Crippen LogP contribution is -2.22. The lowest BCUT2D eigenvalue weighted by atomic mass is 9.86. The summed E-state index contributed by atoms with van der Waals surface area (Å²) >= 11 is 1.41. The number of esters is 1. The van der Waals surface area contributed by atoms with Gasteiger partial charge in [0.05, 0.1) is 34.5 Å². The zero-order valence-electron chi connectivity index (χ0n) is 21.4. The molecule has 2 heterocycles. The third-order valence-corrected chi connectivity index (χ3v) is 8.24. The van der Waals surface area contributed by atoms with Crippen LogP contribution in [0.3, 0.4) is 0 Å². The number of thiazole rings is 1. The highest BCUT2D eigenvalue weighted by Gasteiger charge is 2.32. The molecule has 1 N–H and O–H groups in total. The summed E-state index contributed by atoms with van der Waals surface area (Å²) in [7, 11) is 0. The summed E-state index contributed by atoms with van der Waals surface area (Å²) in [6.07, 6.45) is 4.75. The maximum atomic E-state index is 13.4. The minimum atomic E-state index is -4.50. The average molecular weight is 550 g/mol. The van der Waals surface area contributed by atoms with Crippen molar-refractivity contribution in [2.24, 2.45) is 5.92 Å². The Kier molecular flexibility index (Phi) is 9.46. The number of carbonyl (C=O) groups is 2. The molecule has 1 amide bonds. The first kappa shape index (κ1) is 28.1. The molecule has 0 spiro atoms. The number of aromatic nitrogens is 1. The van der Waals surface area contributed by atoms with E-state index in [0.717, 1.165) is 81.6 Å². The van der Waals surface area contributed by atoms with E-state index in [-0.39, 0.29) is 29.2 Å². The first-order valence-corrected chi connectivity index (χ1v) is 14.1. The third kappa shape index (κ3) is 7.15. The Balaban J connectivity index is 1.40. The highest BCUT2D eigenvalue weighted by molar-refractivity contribution is 7.10. The van der Waals surface area contributed by atoms with E-state index in [9.17, 15) is 22.8 Å². The van der Waals surface area contributed by atoms with Crippen molar-refractivity contribution in [3.63, 3.8) is 0 Å². The van der Waals surface area contributed by atoms with Crippen LogP contribution in [-0.4, -0.2) is 36.6 Å². The second-order valence-corrected chi connectivity index (χ2v) is 10.8. The highest BCUT2D eigenvalue weighted by atomic mass is 32.1. The van der Waals surface area contributed by atoms with E-state index in [1.165, 1.54) is 17.4 Å². The molecule has 2 fully saturated rings. The molecular weight excluding hydrogens is 515 g/mol. The molecule has 4 rings (SSSR count). The molecular formula is C28H34F3N3O3S. The van der Waals surface area contributed by atoms with E-state index >= 15 is 0 Å². The zero-order valence-corrected chi connectivity index (χ0v) is 22.2. The minimum Gasteiger partial charge on any atom is -0.465 e. The Hall–Kier alpha value is -2.88. The Labute approximate surface area is 225 Å². The van der Waals surface area contributed by atoms with E-state index in [0.29, 0.717) is 18.7 Å². The Morgan fingerprint density at radius 2 is 1.84 bits per heavy atom. The number of alkyl halides is 3. The molecule has 6 nitrogen and oxygen atoms in total. The van der Waals surface area contributed by atoms with Crippen LogP contribution in [0.15, 0.2) is 36.2 Å². The largest absolute Gasteiger partial charge is 0.465 e. The van der Waals surface area contributed by atoms with Crippen LogP contribution in [0.5, 0.6) is 0 Å². The molecule has 1 aromatic carbocycles. The van der Waals surface area contributed by atoms with Gasteiger partial charge in [-0.05, 0) is 63.1 Å². The first-order valence-electron chi connectivity index (χ1n) is 13.3. The number of ether oxygens (including phenoxy) is 1. The van der Waals surface area contributed by atoms with Crippen molar-refractivity contribution in [2.45, 2.75) is 69.9 Å². The Morgan fingerprint density at radius 3 is 2.50 bits per heavy atom. The number of amides is 1. The third-order valence-electron chi connectivity index (χ3n) is 7.23. The second-order valence-electron chi connectivity index (χ2n) is 9.95. The number of nitrogens with one attached hydrogen (secondary N) is 1. The summed E-state index contributed by atoms with van der Waals surface area (Å²) in [5, 5.41) is 5.23. The average Bonchev–Trinajstić information content (AvgIpc) is 3.56. The quantitative estimate of drug-likeness (QED) is 0.214. The molecule has 0 atom stereocenters. The molecule has 1 aromatic heterocycles. The highest BCUT2D eigenvalue weighted by Crippen LogP contribution is 2.38. The molecule has 1 saturated heterocycles. The number of rotatable bonds is 8. The van der Waals surface area contributed by atoms with Crippen molar-refractivity contribution >= 4 is 34.6 Å². The van der Waals surface area contributed by atoms with Gasteiger partial charge in [-0.25, -0.2) is 4.98 Å². The fraction of sp³-hybridized carbons (Fsp3) is 0.536. The molecule has 0 bridgehead atoms. The van der Waals surface area contributed by atoms with Crippen LogP contribution in [0.2, 0.25) is 0 Å². The number of hydrogen-bond acceptors (Lipinski definition) is 6. The fourth-order valence-electron chi connectivity index (χ4n) is 5.17. The van der Waals surface area contributed by atoms with Gasteiger partial charge in [-0.2, -0.15) is 13.2 Å². The summed E-state index contributed by atoms with van der Waals surface area (Å²) in [5.41, 5.74) is 0.155. The molecule has 1 aliphatic heterocycles. The summed E-state index contributed by atoms with van der Waals surface area (Å²) in [4.78, 5) is 32.0. The maximum absolute atomic E-state index is 13.4. The molecule has 1 aliphatic carbocycles. The Morgan fingerprint density at radius 1 is 1.13 bits per heavy atom. The van der Waals surface area contributed by atoms with Crippen LogP contribution in [0.1, 0.15) is 84.8 Å². The van der Waals surface area contributed by atoms with Crippen LogP contribution < -0.4 is 10.2 Å². The van der Waals surface area contributed by atoms with Crippen molar-refractivity contribution in [1.82, 2.24) is 4.98 Å². The molecule has 2 aliphatic rings. The zero-order chi connectivity index (χ0) is 27.1. The lowest BCUT2D eigenvalue weighted by Gasteiger charge is -2.23. The summed E-state index contributed by atoms with van der Waals surface area (Å²) in [6, 6.07) is 3.50. The van der Waals surface area contributed by atoms with E-state index in [4.69, 9.17) is 4.74 Å². The molecule has 206 valence electrons. The van der Waals surface area contributed by atoms with E-state index in [1.54, 1.807) is 11.5 Å². The summed E-state index contributed by atoms with van der Waals surface area (Å²) in [6.45, 7) is 5.48. The summed E-state index contributed by atoms with van der Waals surface area (Å²) < 4.78 is 45.5. The number of hydrogen-bond donors (Lipinski definition) is 1. The van der Waals surface area contributed by atoms with Gasteiger partial charge in [0, 0.05) is 24.4 Å². The smallest absolute Gasteiger partial charge is 0.416 e. The van der Waals surface area contributed by atoms with E-state index < -0.39 is 17.6 Å². The van der Waals surface area contributed by atoms with Gasteiger partial charge in [-0.15, -0.1) is 17.9 Å². The number of anilines is 2. The molecule has 1 saturated carbocycles. The van der Waals surface area contributed by atoms with Gasteiger partial charge in [-0.3, -0.25) is 9.59 Å². The van der Waals surface area contributed by atoms with Gasteiger partial charge in [0.15, 0.2) is 0 Å². The monoisotopic (exact) mass is 549 g/mol. The standard InChI is InChI=1S/C28H34F3N3O3S/c1-2-3-16-37-27(36)20-10-6-8-19(9-7-11-20)26-33-23(18-38-26)25(35)32-22-17-21(28(29,30)31)12-13-24(22)34-14-4-5-15-34/h2,12-13,17-20H,1,3-11,14-16H2,(H,32,35). The molecule has 0 radical (unpaired) electrons. The van der Waals surface area contributed by atoms with Gasteiger partial charge < -0.3 is 15.0 Å². The van der Waals surface area contributed by atoms with Gasteiger partial charge in [0.25, 0.3) is 5.91 Å². The number of benzene rings is 1. The SMILES string of the molecule is C=CCCOC(=O)C1CCCC(c2nc(C(=O)Nc3cc(C(F)(F)F)ccc3N3CCCC3)cs2)CCC1. The minimum absolute atomic E-state index is 0.0873. The second kappa shape index (κ2) is 12.8. The predicted octanol–water partition coefficient (Wildman–Crippen LogP) is 7.19. The van der Waals surface area contributed by atoms with Crippen LogP contribution in [0.4, 0.5) is 24.5 Å². The van der Waals surface area contributed by atoms with Crippen LogP contribution in [-0.2, 0) is 15.7 Å². The van der Waals surface area contributed by atoms with E-state index in [2.05, 4.69) is 16.9 Å². The molecule has 38 heavy (non-hydrogen) atoms. The molecule has 0 unspecified atom stereocenters. The van der Waals surface area contributed by atoms with Crippen molar-refractivity contribution in [1.29, 1.82) is 0 Å². The number of nitrogens with zero attached hydrogens (tertiary/aromatic N) is 2. The maximum Gasteiger partial charge on any atom is 0.416 e. The van der Waals surface area contributed by atoms with Crippen molar-refractivity contribution < 1.29 is 27.5 Å². The van der Waals surface area contributed by atoms with Gasteiger partial charge >= 0.3 is 12.1 Å². The first-order chi connectivity index (χ1) is 18.3. The lowest BCUT2D eigenvalue weighted by molar-refractivity contribution is -0.149. The number of halogens is 3. The fourth-order valence-corrected chi connectivity index (χ4v) is 6.14. The van der Waals surface area contributed by atoms with Crippen molar-refractivity contribution in [3.8, 4) is 0 Å². The normalized spacial score (nSPS) is 20.4. The number of carbonyl (C=O) groups excluding carboxylic acids is 2. The van der Waals surface area contributed by atoms with Gasteiger partial charge in [0.2, 0.25) is 0 Å². The van der Waals surface area contributed by atoms with Gasteiger partial charge in [0.1, 0.15) is 5.69 Å².